The Kier molecular flexibility index (Phi) is 5.01. The van der Waals surface area contributed by atoms with Crippen LogP contribution in [0.3, 0.4) is 0 Å². The molecule has 0 radical (unpaired) electrons. The molecule has 1 aromatic carbocycles. The highest BCUT2D eigenvalue weighted by atomic mass is 32.1. The Labute approximate surface area is 146 Å². The van der Waals surface area contributed by atoms with E-state index >= 15 is 0 Å². The molecular formula is C17H14F2N2OS2. The molecule has 24 heavy (non-hydrogen) atoms. The molecule has 0 saturated carbocycles. The van der Waals surface area contributed by atoms with Crippen LogP contribution in [0.25, 0.3) is 9.88 Å². The molecule has 2 heterocycles. The minimum absolute atomic E-state index is 0.149. The van der Waals surface area contributed by atoms with Crippen molar-refractivity contribution in [2.45, 2.75) is 19.4 Å². The summed E-state index contributed by atoms with van der Waals surface area (Å²) in [6, 6.07) is 7.14. The average Bonchev–Trinajstić information content (AvgIpc) is 3.20. The van der Waals surface area contributed by atoms with E-state index in [9.17, 15) is 13.6 Å². The number of aromatic nitrogens is 1. The molecule has 1 N–H and O–H groups in total. The van der Waals surface area contributed by atoms with Crippen LogP contribution in [0.15, 0.2) is 41.1 Å². The molecule has 3 nitrogen and oxygen atoms in total. The van der Waals surface area contributed by atoms with Crippen LogP contribution in [0.4, 0.5) is 8.78 Å². The lowest BCUT2D eigenvalue weighted by atomic mass is 10.1. The number of benzene rings is 1. The maximum absolute atomic E-state index is 13.3. The highest BCUT2D eigenvalue weighted by Gasteiger charge is 2.14. The number of thiazole rings is 1. The molecule has 1 atom stereocenters. The number of thiophene rings is 1. The van der Waals surface area contributed by atoms with E-state index in [4.69, 9.17) is 0 Å². The van der Waals surface area contributed by atoms with Crippen LogP contribution in [0, 0.1) is 11.6 Å². The summed E-state index contributed by atoms with van der Waals surface area (Å²) in [6.07, 6.45) is 0.149. The Bertz CT molecular complexity index is 846. The number of nitrogens with one attached hydrogen (secondary N) is 1. The van der Waals surface area contributed by atoms with Gasteiger partial charge in [-0.3, -0.25) is 4.79 Å². The van der Waals surface area contributed by atoms with Crippen LogP contribution in [0.2, 0.25) is 0 Å². The average molecular weight is 364 g/mol. The van der Waals surface area contributed by atoms with E-state index in [0.717, 1.165) is 22.0 Å². The molecule has 1 amide bonds. The van der Waals surface area contributed by atoms with Gasteiger partial charge in [-0.2, -0.15) is 0 Å². The van der Waals surface area contributed by atoms with Crippen LogP contribution in [-0.2, 0) is 11.2 Å². The normalized spacial score (nSPS) is 12.1. The maximum atomic E-state index is 13.3. The van der Waals surface area contributed by atoms with E-state index < -0.39 is 17.7 Å². The summed E-state index contributed by atoms with van der Waals surface area (Å²) in [5.74, 6) is -2.04. The SMILES string of the molecule is C[C@@H](NC(=O)Cc1csc(-c2cccs2)n1)c1ccc(F)c(F)c1. The summed E-state index contributed by atoms with van der Waals surface area (Å²) in [5.41, 5.74) is 1.21. The lowest BCUT2D eigenvalue weighted by Crippen LogP contribution is -2.28. The van der Waals surface area contributed by atoms with E-state index in [-0.39, 0.29) is 12.3 Å². The van der Waals surface area contributed by atoms with Crippen LogP contribution in [-0.4, -0.2) is 10.9 Å². The van der Waals surface area contributed by atoms with E-state index in [1.165, 1.54) is 17.4 Å². The quantitative estimate of drug-likeness (QED) is 0.721. The van der Waals surface area contributed by atoms with Gasteiger partial charge in [0.05, 0.1) is 23.0 Å². The number of rotatable bonds is 5. The van der Waals surface area contributed by atoms with Gasteiger partial charge in [0.15, 0.2) is 11.6 Å². The fourth-order valence-corrected chi connectivity index (χ4v) is 3.86. The first kappa shape index (κ1) is 16.7. The second-order valence-electron chi connectivity index (χ2n) is 5.26. The van der Waals surface area contributed by atoms with E-state index in [2.05, 4.69) is 10.3 Å². The van der Waals surface area contributed by atoms with Crippen LogP contribution >= 0.6 is 22.7 Å². The summed E-state index contributed by atoms with van der Waals surface area (Å²) < 4.78 is 26.2. The van der Waals surface area contributed by atoms with Crippen molar-refractivity contribution in [3.8, 4) is 9.88 Å². The molecule has 0 bridgehead atoms. The summed E-state index contributed by atoms with van der Waals surface area (Å²) in [5, 5.41) is 7.50. The zero-order chi connectivity index (χ0) is 17.1. The molecule has 0 saturated heterocycles. The molecule has 7 heteroatoms. The van der Waals surface area contributed by atoms with Crippen molar-refractivity contribution in [1.82, 2.24) is 10.3 Å². The molecule has 0 spiro atoms. The molecule has 0 aliphatic carbocycles. The summed E-state index contributed by atoms with van der Waals surface area (Å²) in [7, 11) is 0. The highest BCUT2D eigenvalue weighted by molar-refractivity contribution is 7.20. The predicted molar refractivity (Wildman–Crippen MR) is 92.0 cm³/mol. The fourth-order valence-electron chi connectivity index (χ4n) is 2.22. The topological polar surface area (TPSA) is 42.0 Å². The minimum Gasteiger partial charge on any atom is -0.349 e. The number of nitrogens with zero attached hydrogens (tertiary/aromatic N) is 1. The monoisotopic (exact) mass is 364 g/mol. The number of carbonyl (C=O) groups is 1. The number of halogens is 2. The van der Waals surface area contributed by atoms with Crippen molar-refractivity contribution in [3.05, 3.63) is 64.0 Å². The Hall–Kier alpha value is -2.12. The maximum Gasteiger partial charge on any atom is 0.226 e. The second kappa shape index (κ2) is 7.19. The summed E-state index contributed by atoms with van der Waals surface area (Å²) in [4.78, 5) is 17.7. The molecule has 2 aromatic heterocycles. The Morgan fingerprint density at radius 1 is 1.25 bits per heavy atom. The standard InChI is InChI=1S/C17H14F2N2OS2/c1-10(11-4-5-13(18)14(19)7-11)20-16(22)8-12-9-24-17(21-12)15-3-2-6-23-15/h2-7,9-10H,8H2,1H3,(H,20,22)/t10-/m1/s1. The van der Waals surface area contributed by atoms with Gasteiger partial charge in [0.25, 0.3) is 0 Å². The fraction of sp³-hybridized carbons (Fsp3) is 0.176. The summed E-state index contributed by atoms with van der Waals surface area (Å²) >= 11 is 3.10. The second-order valence-corrected chi connectivity index (χ2v) is 7.07. The van der Waals surface area contributed by atoms with Crippen LogP contribution < -0.4 is 5.32 Å². The van der Waals surface area contributed by atoms with Crippen molar-refractivity contribution in [2.75, 3.05) is 0 Å². The van der Waals surface area contributed by atoms with Crippen molar-refractivity contribution in [1.29, 1.82) is 0 Å². The van der Waals surface area contributed by atoms with Gasteiger partial charge in [-0.15, -0.1) is 22.7 Å². The van der Waals surface area contributed by atoms with Gasteiger partial charge >= 0.3 is 0 Å². The number of hydrogen-bond donors (Lipinski definition) is 1. The van der Waals surface area contributed by atoms with Gasteiger partial charge in [0.1, 0.15) is 5.01 Å². The molecule has 0 unspecified atom stereocenters. The van der Waals surface area contributed by atoms with Crippen LogP contribution in [0.1, 0.15) is 24.2 Å². The first-order valence-electron chi connectivity index (χ1n) is 7.25. The molecule has 0 fully saturated rings. The molecule has 3 aromatic rings. The zero-order valence-electron chi connectivity index (χ0n) is 12.8. The largest absolute Gasteiger partial charge is 0.349 e. The van der Waals surface area contributed by atoms with E-state index in [0.29, 0.717) is 11.3 Å². The molecule has 124 valence electrons. The Morgan fingerprint density at radius 3 is 2.79 bits per heavy atom. The van der Waals surface area contributed by atoms with Gasteiger partial charge in [0, 0.05) is 5.38 Å². The third-order valence-corrected chi connectivity index (χ3v) is 5.38. The first-order valence-corrected chi connectivity index (χ1v) is 9.01. The zero-order valence-corrected chi connectivity index (χ0v) is 14.4. The Morgan fingerprint density at radius 2 is 2.08 bits per heavy atom. The number of hydrogen-bond acceptors (Lipinski definition) is 4. The van der Waals surface area contributed by atoms with Crippen LogP contribution in [0.5, 0.6) is 0 Å². The molecule has 3 rings (SSSR count). The van der Waals surface area contributed by atoms with Gasteiger partial charge in [-0.05, 0) is 36.1 Å². The van der Waals surface area contributed by atoms with Crippen molar-refractivity contribution in [2.24, 2.45) is 0 Å². The van der Waals surface area contributed by atoms with Crippen molar-refractivity contribution in [3.63, 3.8) is 0 Å². The van der Waals surface area contributed by atoms with E-state index in [1.54, 1.807) is 18.3 Å². The van der Waals surface area contributed by atoms with E-state index in [1.807, 2.05) is 22.9 Å². The molecule has 0 aliphatic rings. The smallest absolute Gasteiger partial charge is 0.226 e. The van der Waals surface area contributed by atoms with Gasteiger partial charge < -0.3 is 5.32 Å². The Balaban J connectivity index is 1.62. The van der Waals surface area contributed by atoms with Crippen molar-refractivity contribution >= 4 is 28.6 Å². The lowest BCUT2D eigenvalue weighted by Gasteiger charge is -2.14. The lowest BCUT2D eigenvalue weighted by molar-refractivity contribution is -0.121. The first-order chi connectivity index (χ1) is 11.5. The molecular weight excluding hydrogens is 350 g/mol. The van der Waals surface area contributed by atoms with Crippen molar-refractivity contribution < 1.29 is 13.6 Å². The highest BCUT2D eigenvalue weighted by Crippen LogP contribution is 2.28. The number of carbonyl (C=O) groups excluding carboxylic acids is 1. The third kappa shape index (κ3) is 3.85. The third-order valence-electron chi connectivity index (χ3n) is 3.45. The van der Waals surface area contributed by atoms with Gasteiger partial charge in [-0.1, -0.05) is 12.1 Å². The van der Waals surface area contributed by atoms with Gasteiger partial charge in [0.2, 0.25) is 5.91 Å². The van der Waals surface area contributed by atoms with Gasteiger partial charge in [-0.25, -0.2) is 13.8 Å². The number of amides is 1. The molecule has 0 aliphatic heterocycles. The predicted octanol–water partition coefficient (Wildman–Crippen LogP) is 4.57. The minimum atomic E-state index is -0.923. The summed E-state index contributed by atoms with van der Waals surface area (Å²) in [6.45, 7) is 1.72.